The highest BCUT2D eigenvalue weighted by atomic mass is 35.5. The molecule has 2 rings (SSSR count). The van der Waals surface area contributed by atoms with Crippen LogP contribution in [0.1, 0.15) is 5.56 Å². The first-order valence-corrected chi connectivity index (χ1v) is 5.45. The minimum atomic E-state index is -3.30. The van der Waals surface area contributed by atoms with E-state index < -0.39 is 24.3 Å². The maximum Gasteiger partial charge on any atom is 0.290 e. The second-order valence-electron chi connectivity index (χ2n) is 3.81. The molecule has 0 spiro atoms. The first kappa shape index (κ1) is 12.7. The first-order valence-electron chi connectivity index (χ1n) is 5.07. The Morgan fingerprint density at radius 3 is 2.06 bits per heavy atom. The summed E-state index contributed by atoms with van der Waals surface area (Å²) >= 11 is 5.60. The van der Waals surface area contributed by atoms with Gasteiger partial charge in [-0.1, -0.05) is 23.7 Å². The van der Waals surface area contributed by atoms with Crippen molar-refractivity contribution in [2.24, 2.45) is 0 Å². The van der Waals surface area contributed by atoms with Crippen molar-refractivity contribution in [1.29, 1.82) is 0 Å². The Hall–Kier alpha value is -1.75. The lowest BCUT2D eigenvalue weighted by molar-refractivity contribution is -0.143. The molecule has 18 heavy (non-hydrogen) atoms. The summed E-state index contributed by atoms with van der Waals surface area (Å²) in [6.07, 6.45) is 1.94. The zero-order chi connectivity index (χ0) is 13.3. The number of rotatable bonds is 3. The Bertz CT molecular complexity index is 507. The lowest BCUT2D eigenvalue weighted by Gasteiger charge is -2.22. The molecule has 1 aliphatic rings. The van der Waals surface area contributed by atoms with E-state index in [0.29, 0.717) is 9.92 Å². The van der Waals surface area contributed by atoms with E-state index in [4.69, 9.17) is 11.6 Å². The summed E-state index contributed by atoms with van der Waals surface area (Å²) in [5.74, 6) is -4.76. The average Bonchev–Trinajstić information content (AvgIpc) is 2.61. The fraction of sp³-hybridized carbons (Fsp3) is 0.167. The highest BCUT2D eigenvalue weighted by Gasteiger charge is 2.38. The number of hydrogen-bond donors (Lipinski definition) is 0. The molecule has 1 aromatic carbocycles. The van der Waals surface area contributed by atoms with Crippen LogP contribution in [0.2, 0.25) is 5.02 Å². The summed E-state index contributed by atoms with van der Waals surface area (Å²) in [5.41, 5.74) is -0.292. The highest BCUT2D eigenvalue weighted by Crippen LogP contribution is 2.30. The quantitative estimate of drug-likeness (QED) is 0.792. The molecule has 0 saturated carbocycles. The molecular formula is C12H8ClF2NO2. The van der Waals surface area contributed by atoms with Crippen molar-refractivity contribution in [3.63, 3.8) is 0 Å². The average molecular weight is 272 g/mol. The van der Waals surface area contributed by atoms with Gasteiger partial charge in [-0.25, -0.2) is 0 Å². The number of imide groups is 1. The number of halogens is 3. The molecule has 1 aromatic rings. The Morgan fingerprint density at radius 1 is 1.06 bits per heavy atom. The van der Waals surface area contributed by atoms with Crippen LogP contribution in [-0.4, -0.2) is 23.3 Å². The standard InChI is InChI=1S/C12H8ClF2NO2/c13-9-3-1-8(2-4-9)12(14,15)7-16-10(17)5-6-11(16)18/h1-6H,7H2. The number of carbonyl (C=O) groups excluding carboxylic acids is 2. The fourth-order valence-electron chi connectivity index (χ4n) is 1.57. The topological polar surface area (TPSA) is 37.4 Å². The third kappa shape index (κ3) is 2.41. The Labute approximate surface area is 107 Å². The SMILES string of the molecule is O=C1C=CC(=O)N1CC(F)(F)c1ccc(Cl)cc1. The summed E-state index contributed by atoms with van der Waals surface area (Å²) in [6, 6.07) is 4.99. The molecule has 94 valence electrons. The summed E-state index contributed by atoms with van der Waals surface area (Å²) in [5, 5.41) is 0.338. The van der Waals surface area contributed by atoms with Gasteiger partial charge in [-0.2, -0.15) is 8.78 Å². The summed E-state index contributed by atoms with van der Waals surface area (Å²) in [6.45, 7) is -0.973. The van der Waals surface area contributed by atoms with E-state index in [0.717, 1.165) is 12.2 Å². The summed E-state index contributed by atoms with van der Waals surface area (Å²) < 4.78 is 27.7. The van der Waals surface area contributed by atoms with E-state index in [1.165, 1.54) is 24.3 Å². The molecule has 3 nitrogen and oxygen atoms in total. The number of hydrogen-bond acceptors (Lipinski definition) is 2. The lowest BCUT2D eigenvalue weighted by Crippen LogP contribution is -2.39. The van der Waals surface area contributed by atoms with Gasteiger partial charge in [0.05, 0.1) is 6.54 Å². The molecule has 1 aliphatic heterocycles. The second kappa shape index (κ2) is 4.49. The van der Waals surface area contributed by atoms with Crippen LogP contribution in [0.15, 0.2) is 36.4 Å². The minimum absolute atomic E-state index is 0.292. The third-order valence-electron chi connectivity index (χ3n) is 2.52. The molecule has 0 aromatic heterocycles. The van der Waals surface area contributed by atoms with Gasteiger partial charge in [0.1, 0.15) is 0 Å². The number of nitrogens with zero attached hydrogens (tertiary/aromatic N) is 1. The van der Waals surface area contributed by atoms with Crippen molar-refractivity contribution in [3.05, 3.63) is 47.0 Å². The summed E-state index contributed by atoms with van der Waals surface area (Å²) in [7, 11) is 0. The van der Waals surface area contributed by atoms with E-state index in [9.17, 15) is 18.4 Å². The van der Waals surface area contributed by atoms with Crippen LogP contribution in [0.4, 0.5) is 8.78 Å². The van der Waals surface area contributed by atoms with Crippen LogP contribution < -0.4 is 0 Å². The zero-order valence-electron chi connectivity index (χ0n) is 9.07. The van der Waals surface area contributed by atoms with Gasteiger partial charge >= 0.3 is 0 Å². The van der Waals surface area contributed by atoms with Crippen LogP contribution in [0.5, 0.6) is 0 Å². The molecule has 1 heterocycles. The molecule has 0 bridgehead atoms. The lowest BCUT2D eigenvalue weighted by atomic mass is 10.1. The Morgan fingerprint density at radius 2 is 1.56 bits per heavy atom. The molecule has 0 radical (unpaired) electrons. The first-order chi connectivity index (χ1) is 8.40. The van der Waals surface area contributed by atoms with Crippen LogP contribution in [-0.2, 0) is 15.5 Å². The van der Waals surface area contributed by atoms with Gasteiger partial charge in [-0.3, -0.25) is 14.5 Å². The molecule has 2 amide bonds. The zero-order valence-corrected chi connectivity index (χ0v) is 9.82. The van der Waals surface area contributed by atoms with Gasteiger partial charge in [0.2, 0.25) is 0 Å². The van der Waals surface area contributed by atoms with Crippen LogP contribution in [0.25, 0.3) is 0 Å². The van der Waals surface area contributed by atoms with E-state index in [1.54, 1.807) is 0 Å². The molecular weight excluding hydrogens is 264 g/mol. The van der Waals surface area contributed by atoms with Gasteiger partial charge in [-0.15, -0.1) is 0 Å². The number of amides is 2. The highest BCUT2D eigenvalue weighted by molar-refractivity contribution is 6.30. The minimum Gasteiger partial charge on any atom is -0.269 e. The van der Waals surface area contributed by atoms with Crippen molar-refractivity contribution in [1.82, 2.24) is 4.90 Å². The monoisotopic (exact) mass is 271 g/mol. The predicted octanol–water partition coefficient (Wildman–Crippen LogP) is 2.36. The normalized spacial score (nSPS) is 15.6. The van der Waals surface area contributed by atoms with Crippen molar-refractivity contribution in [2.45, 2.75) is 5.92 Å². The maximum absolute atomic E-state index is 13.9. The van der Waals surface area contributed by atoms with Gasteiger partial charge < -0.3 is 0 Å². The van der Waals surface area contributed by atoms with Crippen LogP contribution in [0, 0.1) is 0 Å². The van der Waals surface area contributed by atoms with Gasteiger partial charge in [0, 0.05) is 22.7 Å². The van der Waals surface area contributed by atoms with Crippen molar-refractivity contribution in [3.8, 4) is 0 Å². The molecule has 0 saturated heterocycles. The molecule has 0 atom stereocenters. The predicted molar refractivity (Wildman–Crippen MR) is 61.2 cm³/mol. The molecule has 0 N–H and O–H groups in total. The van der Waals surface area contributed by atoms with Crippen molar-refractivity contribution >= 4 is 23.4 Å². The molecule has 0 fully saturated rings. The summed E-state index contributed by atoms with van der Waals surface area (Å²) in [4.78, 5) is 22.9. The van der Waals surface area contributed by atoms with E-state index >= 15 is 0 Å². The number of benzene rings is 1. The maximum atomic E-state index is 13.9. The van der Waals surface area contributed by atoms with E-state index in [1.807, 2.05) is 0 Å². The Kier molecular flexibility index (Phi) is 3.17. The van der Waals surface area contributed by atoms with Crippen molar-refractivity contribution in [2.75, 3.05) is 6.54 Å². The Balaban J connectivity index is 2.19. The van der Waals surface area contributed by atoms with Crippen LogP contribution >= 0.6 is 11.6 Å². The third-order valence-corrected chi connectivity index (χ3v) is 2.78. The van der Waals surface area contributed by atoms with E-state index in [-0.39, 0.29) is 5.56 Å². The molecule has 6 heteroatoms. The number of alkyl halides is 2. The van der Waals surface area contributed by atoms with Gasteiger partial charge in [-0.05, 0) is 12.1 Å². The van der Waals surface area contributed by atoms with Crippen molar-refractivity contribution < 1.29 is 18.4 Å². The molecule has 0 aliphatic carbocycles. The fourth-order valence-corrected chi connectivity index (χ4v) is 1.70. The number of carbonyl (C=O) groups is 2. The molecule has 0 unspecified atom stereocenters. The van der Waals surface area contributed by atoms with Gasteiger partial charge in [0.25, 0.3) is 17.7 Å². The van der Waals surface area contributed by atoms with Gasteiger partial charge in [0.15, 0.2) is 0 Å². The largest absolute Gasteiger partial charge is 0.290 e. The smallest absolute Gasteiger partial charge is 0.269 e. The van der Waals surface area contributed by atoms with E-state index in [2.05, 4.69) is 0 Å². The second-order valence-corrected chi connectivity index (χ2v) is 4.24. The van der Waals surface area contributed by atoms with Crippen LogP contribution in [0.3, 0.4) is 0 Å².